The van der Waals surface area contributed by atoms with Gasteiger partial charge < -0.3 is 9.42 Å². The molecular formula is C20H25N3O2. The van der Waals surface area contributed by atoms with Crippen molar-refractivity contribution in [3.63, 3.8) is 0 Å². The summed E-state index contributed by atoms with van der Waals surface area (Å²) in [7, 11) is 0. The summed E-state index contributed by atoms with van der Waals surface area (Å²) in [6.07, 6.45) is 7.73. The standard InChI is InChI=1S/C20H25N3O2/c24-19(11-10-15-6-4-5-7-15)23-13-17(14-23)20-21-18(22-25-20)12-16-8-2-1-3-9-16/h1-3,8-9,15,17H,4-7,10-14H2. The van der Waals surface area contributed by atoms with Crippen molar-refractivity contribution in [2.75, 3.05) is 13.1 Å². The lowest BCUT2D eigenvalue weighted by Gasteiger charge is -2.37. The molecular weight excluding hydrogens is 314 g/mol. The Morgan fingerprint density at radius 1 is 1.16 bits per heavy atom. The predicted molar refractivity (Wildman–Crippen MR) is 94.1 cm³/mol. The molecule has 5 nitrogen and oxygen atoms in total. The molecule has 1 aromatic heterocycles. The molecule has 0 bridgehead atoms. The van der Waals surface area contributed by atoms with Crippen molar-refractivity contribution in [2.45, 2.75) is 50.9 Å². The lowest BCUT2D eigenvalue weighted by atomic mass is 9.97. The van der Waals surface area contributed by atoms with Crippen LogP contribution < -0.4 is 0 Å². The Kier molecular flexibility index (Phi) is 4.81. The monoisotopic (exact) mass is 339 g/mol. The number of nitrogens with zero attached hydrogens (tertiary/aromatic N) is 3. The van der Waals surface area contributed by atoms with Crippen molar-refractivity contribution >= 4 is 5.91 Å². The van der Waals surface area contributed by atoms with Crippen LogP contribution in [0.4, 0.5) is 0 Å². The van der Waals surface area contributed by atoms with Gasteiger partial charge in [-0.3, -0.25) is 4.79 Å². The largest absolute Gasteiger partial charge is 0.341 e. The lowest BCUT2D eigenvalue weighted by molar-refractivity contribution is -0.136. The highest BCUT2D eigenvalue weighted by atomic mass is 16.5. The molecule has 1 aliphatic carbocycles. The van der Waals surface area contributed by atoms with E-state index in [4.69, 9.17) is 4.52 Å². The molecule has 0 radical (unpaired) electrons. The van der Waals surface area contributed by atoms with Crippen LogP contribution in [0.5, 0.6) is 0 Å². The third-order valence-corrected chi connectivity index (χ3v) is 5.51. The molecule has 1 amide bonds. The van der Waals surface area contributed by atoms with Gasteiger partial charge in [-0.1, -0.05) is 61.2 Å². The first-order valence-electron chi connectivity index (χ1n) is 9.42. The summed E-state index contributed by atoms with van der Waals surface area (Å²) in [5, 5.41) is 4.08. The van der Waals surface area contributed by atoms with Crippen molar-refractivity contribution < 1.29 is 9.32 Å². The van der Waals surface area contributed by atoms with Crippen molar-refractivity contribution in [3.05, 3.63) is 47.6 Å². The topological polar surface area (TPSA) is 59.2 Å². The van der Waals surface area contributed by atoms with Crippen LogP contribution in [0.2, 0.25) is 0 Å². The number of likely N-dealkylation sites (tertiary alicyclic amines) is 1. The quantitative estimate of drug-likeness (QED) is 0.807. The van der Waals surface area contributed by atoms with Gasteiger partial charge >= 0.3 is 0 Å². The Morgan fingerprint density at radius 2 is 1.92 bits per heavy atom. The van der Waals surface area contributed by atoms with E-state index in [-0.39, 0.29) is 11.8 Å². The normalized spacial score (nSPS) is 18.5. The first-order valence-corrected chi connectivity index (χ1v) is 9.42. The molecule has 2 aliphatic rings. The second-order valence-corrected chi connectivity index (χ2v) is 7.40. The highest BCUT2D eigenvalue weighted by molar-refractivity contribution is 5.77. The predicted octanol–water partition coefficient (Wildman–Crippen LogP) is 3.56. The molecule has 132 valence electrons. The fourth-order valence-electron chi connectivity index (χ4n) is 3.91. The van der Waals surface area contributed by atoms with Crippen LogP contribution in [-0.2, 0) is 11.2 Å². The van der Waals surface area contributed by atoms with Gasteiger partial charge in [-0.25, -0.2) is 0 Å². The lowest BCUT2D eigenvalue weighted by Crippen LogP contribution is -2.48. The highest BCUT2D eigenvalue weighted by Crippen LogP contribution is 2.31. The summed E-state index contributed by atoms with van der Waals surface area (Å²) in [6, 6.07) is 10.1. The van der Waals surface area contributed by atoms with Crippen molar-refractivity contribution in [2.24, 2.45) is 5.92 Å². The Hall–Kier alpha value is -2.17. The third-order valence-electron chi connectivity index (χ3n) is 5.51. The Labute approximate surface area is 148 Å². The summed E-state index contributed by atoms with van der Waals surface area (Å²) in [4.78, 5) is 18.7. The minimum atomic E-state index is 0.201. The van der Waals surface area contributed by atoms with Gasteiger partial charge in [0.05, 0.1) is 5.92 Å². The van der Waals surface area contributed by atoms with E-state index in [0.717, 1.165) is 25.4 Å². The van der Waals surface area contributed by atoms with Crippen LogP contribution >= 0.6 is 0 Å². The Bertz CT molecular complexity index is 701. The molecule has 1 aliphatic heterocycles. The number of carbonyl (C=O) groups excluding carboxylic acids is 1. The van der Waals surface area contributed by atoms with E-state index in [1.54, 1.807) is 0 Å². The van der Waals surface area contributed by atoms with Gasteiger partial charge in [-0.05, 0) is 17.9 Å². The molecule has 2 fully saturated rings. The van der Waals surface area contributed by atoms with E-state index in [1.165, 1.54) is 31.2 Å². The molecule has 5 heteroatoms. The smallest absolute Gasteiger partial charge is 0.233 e. The fourth-order valence-corrected chi connectivity index (χ4v) is 3.91. The summed E-state index contributed by atoms with van der Waals surface area (Å²) < 4.78 is 5.41. The molecule has 4 rings (SSSR count). The molecule has 0 unspecified atom stereocenters. The van der Waals surface area contributed by atoms with Crippen LogP contribution in [0.15, 0.2) is 34.9 Å². The maximum absolute atomic E-state index is 12.3. The zero-order valence-electron chi connectivity index (χ0n) is 14.6. The molecule has 1 saturated carbocycles. The van der Waals surface area contributed by atoms with Crippen LogP contribution in [0.25, 0.3) is 0 Å². The number of benzene rings is 1. The molecule has 25 heavy (non-hydrogen) atoms. The van der Waals surface area contributed by atoms with Crippen LogP contribution in [0, 0.1) is 5.92 Å². The van der Waals surface area contributed by atoms with Gasteiger partial charge in [0.1, 0.15) is 0 Å². The van der Waals surface area contributed by atoms with Crippen LogP contribution in [0.3, 0.4) is 0 Å². The zero-order chi connectivity index (χ0) is 17.1. The number of amides is 1. The van der Waals surface area contributed by atoms with E-state index >= 15 is 0 Å². The maximum atomic E-state index is 12.3. The number of carbonyl (C=O) groups is 1. The molecule has 0 spiro atoms. The number of hydrogen-bond acceptors (Lipinski definition) is 4. The van der Waals surface area contributed by atoms with Gasteiger partial charge in [0.2, 0.25) is 11.8 Å². The van der Waals surface area contributed by atoms with Crippen LogP contribution in [0.1, 0.15) is 61.7 Å². The number of hydrogen-bond donors (Lipinski definition) is 0. The molecule has 0 atom stereocenters. The summed E-state index contributed by atoms with van der Waals surface area (Å²) in [6.45, 7) is 1.44. The van der Waals surface area contributed by atoms with E-state index in [1.807, 2.05) is 23.1 Å². The maximum Gasteiger partial charge on any atom is 0.233 e. The molecule has 1 saturated heterocycles. The average molecular weight is 339 g/mol. The summed E-state index contributed by atoms with van der Waals surface area (Å²) in [5.41, 5.74) is 1.17. The minimum absolute atomic E-state index is 0.201. The van der Waals surface area contributed by atoms with E-state index in [0.29, 0.717) is 24.6 Å². The van der Waals surface area contributed by atoms with Crippen molar-refractivity contribution in [1.82, 2.24) is 15.0 Å². The Morgan fingerprint density at radius 3 is 2.68 bits per heavy atom. The second kappa shape index (κ2) is 7.38. The first-order chi connectivity index (χ1) is 12.3. The third kappa shape index (κ3) is 3.91. The molecule has 2 aromatic rings. The summed E-state index contributed by atoms with van der Waals surface area (Å²) in [5.74, 6) is 2.65. The van der Waals surface area contributed by atoms with Gasteiger partial charge in [0, 0.05) is 25.9 Å². The van der Waals surface area contributed by atoms with Gasteiger partial charge in [0.25, 0.3) is 0 Å². The van der Waals surface area contributed by atoms with Gasteiger partial charge in [0.15, 0.2) is 5.82 Å². The van der Waals surface area contributed by atoms with Crippen molar-refractivity contribution in [1.29, 1.82) is 0 Å². The van der Waals surface area contributed by atoms with Gasteiger partial charge in [-0.2, -0.15) is 4.98 Å². The second-order valence-electron chi connectivity index (χ2n) is 7.40. The van der Waals surface area contributed by atoms with E-state index in [9.17, 15) is 4.79 Å². The Balaban J connectivity index is 1.24. The summed E-state index contributed by atoms with van der Waals surface area (Å²) >= 11 is 0. The zero-order valence-corrected chi connectivity index (χ0v) is 14.6. The molecule has 1 aromatic carbocycles. The van der Waals surface area contributed by atoms with Gasteiger partial charge in [-0.15, -0.1) is 0 Å². The number of aromatic nitrogens is 2. The fraction of sp³-hybridized carbons (Fsp3) is 0.550. The SMILES string of the molecule is O=C(CCC1CCCC1)N1CC(c2nc(Cc3ccccc3)no2)C1. The average Bonchev–Trinajstić information content (AvgIpc) is 3.25. The van der Waals surface area contributed by atoms with E-state index < -0.39 is 0 Å². The first kappa shape index (κ1) is 16.3. The minimum Gasteiger partial charge on any atom is -0.341 e. The number of rotatable bonds is 6. The molecule has 0 N–H and O–H groups in total. The molecule has 2 heterocycles. The van der Waals surface area contributed by atoms with Crippen molar-refractivity contribution in [3.8, 4) is 0 Å². The van der Waals surface area contributed by atoms with E-state index in [2.05, 4.69) is 22.3 Å². The highest BCUT2D eigenvalue weighted by Gasteiger charge is 2.35. The van der Waals surface area contributed by atoms with Crippen LogP contribution in [-0.4, -0.2) is 34.0 Å².